The highest BCUT2D eigenvalue weighted by molar-refractivity contribution is 6.09. The summed E-state index contributed by atoms with van der Waals surface area (Å²) in [6, 6.07) is 4.25. The topological polar surface area (TPSA) is 100 Å². The number of benzene rings is 1. The van der Waals surface area contributed by atoms with Crippen LogP contribution in [0.15, 0.2) is 24.5 Å². The average Bonchev–Trinajstić information content (AvgIpc) is 3.51. The van der Waals surface area contributed by atoms with Crippen molar-refractivity contribution in [3.8, 4) is 17.0 Å². The monoisotopic (exact) mass is 479 g/mol. The van der Waals surface area contributed by atoms with Crippen molar-refractivity contribution < 1.29 is 18.7 Å². The summed E-state index contributed by atoms with van der Waals surface area (Å²) in [6.07, 6.45) is 4.12. The summed E-state index contributed by atoms with van der Waals surface area (Å²) in [7, 11) is 0. The van der Waals surface area contributed by atoms with E-state index in [0.29, 0.717) is 71.3 Å². The fraction of sp³-hybridized carbons (Fsp3) is 0.462. The highest BCUT2D eigenvalue weighted by Gasteiger charge is 2.34. The van der Waals surface area contributed by atoms with Crippen LogP contribution in [0.4, 0.5) is 4.39 Å². The number of aryl methyl sites for hydroxylation is 1. The molecule has 0 unspecified atom stereocenters. The minimum Gasteiger partial charge on any atom is -0.493 e. The minimum absolute atomic E-state index is 0.0871. The predicted octanol–water partition coefficient (Wildman–Crippen LogP) is 3.85. The Morgan fingerprint density at radius 1 is 1.26 bits per heavy atom. The quantitative estimate of drug-likeness (QED) is 0.536. The number of nitrogens with one attached hydrogen (secondary N) is 2. The van der Waals surface area contributed by atoms with Gasteiger partial charge in [0.25, 0.3) is 5.91 Å². The standard InChI is InChI=1S/C26H30FN5O3/c1-4-21(33)32-10-14(2)19(11-32)31-26(34)22-15(3)30-25-23(28-13-29-24(22)25)18-9-17(27)7-8-20(18)35-12-16-5-6-16/h7-9,13-14,16,19,30H,4-6,10-12H2,1-3H3,(H,31,34)/t14-,19-/m1/s1. The number of aromatic amines is 1. The van der Waals surface area contributed by atoms with E-state index in [0.717, 1.165) is 12.8 Å². The molecule has 1 aliphatic heterocycles. The number of H-pyrrole nitrogens is 1. The van der Waals surface area contributed by atoms with E-state index in [-0.39, 0.29) is 23.8 Å². The molecule has 3 heterocycles. The van der Waals surface area contributed by atoms with Gasteiger partial charge in [-0.3, -0.25) is 9.59 Å². The normalized spacial score (nSPS) is 19.8. The third-order valence-corrected chi connectivity index (χ3v) is 6.95. The van der Waals surface area contributed by atoms with Gasteiger partial charge in [-0.1, -0.05) is 13.8 Å². The minimum atomic E-state index is -0.395. The van der Waals surface area contributed by atoms with Gasteiger partial charge in [-0.05, 0) is 49.8 Å². The van der Waals surface area contributed by atoms with Crippen LogP contribution in [0.25, 0.3) is 22.3 Å². The highest BCUT2D eigenvalue weighted by atomic mass is 19.1. The molecule has 35 heavy (non-hydrogen) atoms. The molecule has 1 saturated carbocycles. The van der Waals surface area contributed by atoms with E-state index < -0.39 is 5.82 Å². The molecular weight excluding hydrogens is 449 g/mol. The summed E-state index contributed by atoms with van der Waals surface area (Å²) in [5.74, 6) is 0.672. The van der Waals surface area contributed by atoms with Gasteiger partial charge in [0, 0.05) is 30.8 Å². The molecule has 184 valence electrons. The largest absolute Gasteiger partial charge is 0.493 e. The highest BCUT2D eigenvalue weighted by Crippen LogP contribution is 2.37. The summed E-state index contributed by atoms with van der Waals surface area (Å²) in [5, 5.41) is 3.09. The predicted molar refractivity (Wildman–Crippen MR) is 130 cm³/mol. The Morgan fingerprint density at radius 3 is 2.80 bits per heavy atom. The number of fused-ring (bicyclic) bond motifs is 1. The van der Waals surface area contributed by atoms with Crippen LogP contribution >= 0.6 is 0 Å². The maximum Gasteiger partial charge on any atom is 0.255 e. The maximum absolute atomic E-state index is 14.2. The Balaban J connectivity index is 1.46. The number of hydrogen-bond donors (Lipinski definition) is 2. The van der Waals surface area contributed by atoms with E-state index >= 15 is 0 Å². The number of nitrogens with zero attached hydrogens (tertiary/aromatic N) is 3. The SMILES string of the molecule is CCC(=O)N1C[C@@H](C)[C@H](NC(=O)c2c(C)[nH]c3c(-c4cc(F)ccc4OCC4CC4)ncnc23)C1. The summed E-state index contributed by atoms with van der Waals surface area (Å²) >= 11 is 0. The van der Waals surface area contributed by atoms with Crippen molar-refractivity contribution >= 4 is 22.8 Å². The Labute approximate surface area is 203 Å². The van der Waals surface area contributed by atoms with Crippen LogP contribution in [0.5, 0.6) is 5.75 Å². The molecule has 0 bridgehead atoms. The van der Waals surface area contributed by atoms with Gasteiger partial charge in [0.2, 0.25) is 5.91 Å². The van der Waals surface area contributed by atoms with Crippen molar-refractivity contribution in [1.82, 2.24) is 25.2 Å². The second-order valence-corrected chi connectivity index (χ2v) is 9.68. The number of rotatable bonds is 7. The lowest BCUT2D eigenvalue weighted by Gasteiger charge is -2.17. The summed E-state index contributed by atoms with van der Waals surface area (Å²) in [5.41, 5.74) is 3.09. The third-order valence-electron chi connectivity index (χ3n) is 6.95. The van der Waals surface area contributed by atoms with Crippen LogP contribution in [-0.4, -0.2) is 57.4 Å². The van der Waals surface area contributed by atoms with E-state index in [1.165, 1.54) is 18.5 Å². The second kappa shape index (κ2) is 9.28. The lowest BCUT2D eigenvalue weighted by atomic mass is 10.1. The first-order valence-electron chi connectivity index (χ1n) is 12.2. The second-order valence-electron chi connectivity index (χ2n) is 9.68. The molecule has 0 spiro atoms. The van der Waals surface area contributed by atoms with Gasteiger partial charge < -0.3 is 19.9 Å². The third kappa shape index (κ3) is 4.59. The number of carbonyl (C=O) groups is 2. The fourth-order valence-corrected chi connectivity index (χ4v) is 4.73. The van der Waals surface area contributed by atoms with Crippen LogP contribution in [0.1, 0.15) is 49.2 Å². The van der Waals surface area contributed by atoms with E-state index in [4.69, 9.17) is 4.74 Å². The van der Waals surface area contributed by atoms with Crippen molar-refractivity contribution in [2.24, 2.45) is 11.8 Å². The molecule has 8 nitrogen and oxygen atoms in total. The molecule has 2 fully saturated rings. The molecule has 9 heteroatoms. The van der Waals surface area contributed by atoms with Crippen molar-refractivity contribution in [1.29, 1.82) is 0 Å². The molecular formula is C26H30FN5O3. The zero-order valence-electron chi connectivity index (χ0n) is 20.2. The Hall–Kier alpha value is -3.49. The van der Waals surface area contributed by atoms with Crippen LogP contribution < -0.4 is 10.1 Å². The molecule has 2 aliphatic rings. The van der Waals surface area contributed by atoms with E-state index in [9.17, 15) is 14.0 Å². The van der Waals surface area contributed by atoms with Crippen molar-refractivity contribution in [3.05, 3.63) is 41.6 Å². The van der Waals surface area contributed by atoms with E-state index in [1.807, 2.05) is 13.8 Å². The van der Waals surface area contributed by atoms with E-state index in [2.05, 4.69) is 20.3 Å². The van der Waals surface area contributed by atoms with Crippen molar-refractivity contribution in [2.75, 3.05) is 19.7 Å². The summed E-state index contributed by atoms with van der Waals surface area (Å²) in [4.78, 5) is 39.3. The number of ether oxygens (including phenoxy) is 1. The van der Waals surface area contributed by atoms with Gasteiger partial charge in [0.1, 0.15) is 29.1 Å². The molecule has 0 radical (unpaired) electrons. The zero-order valence-corrected chi connectivity index (χ0v) is 20.2. The first kappa shape index (κ1) is 23.3. The molecule has 1 saturated heterocycles. The average molecular weight is 480 g/mol. The maximum atomic E-state index is 14.2. The van der Waals surface area contributed by atoms with Crippen LogP contribution in [-0.2, 0) is 4.79 Å². The van der Waals surface area contributed by atoms with Gasteiger partial charge in [-0.25, -0.2) is 14.4 Å². The van der Waals surface area contributed by atoms with Gasteiger partial charge >= 0.3 is 0 Å². The summed E-state index contributed by atoms with van der Waals surface area (Å²) < 4.78 is 20.2. The molecule has 2 amide bonds. The molecule has 2 atom stereocenters. The molecule has 1 aliphatic carbocycles. The number of likely N-dealkylation sites (tertiary alicyclic amines) is 1. The molecule has 3 aromatic rings. The molecule has 2 N–H and O–H groups in total. The van der Waals surface area contributed by atoms with E-state index in [1.54, 1.807) is 17.9 Å². The van der Waals surface area contributed by atoms with Crippen LogP contribution in [0, 0.1) is 24.6 Å². The Kier molecular flexibility index (Phi) is 6.17. The number of carbonyl (C=O) groups excluding carboxylic acids is 2. The lowest BCUT2D eigenvalue weighted by molar-refractivity contribution is -0.129. The van der Waals surface area contributed by atoms with Crippen molar-refractivity contribution in [3.63, 3.8) is 0 Å². The number of hydrogen-bond acceptors (Lipinski definition) is 5. The molecule has 5 rings (SSSR count). The Morgan fingerprint density at radius 2 is 2.06 bits per heavy atom. The first-order valence-corrected chi connectivity index (χ1v) is 12.2. The molecule has 2 aromatic heterocycles. The van der Waals surface area contributed by atoms with Gasteiger partial charge in [0.15, 0.2) is 0 Å². The lowest BCUT2D eigenvalue weighted by Crippen LogP contribution is -2.40. The van der Waals surface area contributed by atoms with Crippen LogP contribution in [0.3, 0.4) is 0 Å². The van der Waals surface area contributed by atoms with Gasteiger partial charge in [-0.15, -0.1) is 0 Å². The fourth-order valence-electron chi connectivity index (χ4n) is 4.73. The number of halogens is 1. The Bertz CT molecular complexity index is 1290. The smallest absolute Gasteiger partial charge is 0.255 e. The zero-order chi connectivity index (χ0) is 24.7. The van der Waals surface area contributed by atoms with Gasteiger partial charge in [0.05, 0.1) is 23.7 Å². The number of amides is 2. The summed E-state index contributed by atoms with van der Waals surface area (Å²) in [6.45, 7) is 7.38. The van der Waals surface area contributed by atoms with Crippen LogP contribution in [0.2, 0.25) is 0 Å². The number of aromatic nitrogens is 3. The first-order chi connectivity index (χ1) is 16.9. The molecule has 1 aromatic carbocycles. The van der Waals surface area contributed by atoms with Gasteiger partial charge in [-0.2, -0.15) is 0 Å². The van der Waals surface area contributed by atoms with Crippen molar-refractivity contribution in [2.45, 2.75) is 46.1 Å².